The lowest BCUT2D eigenvalue weighted by atomic mass is 9.87. The quantitative estimate of drug-likeness (QED) is 0.695. The van der Waals surface area contributed by atoms with E-state index in [1.165, 1.54) is 24.8 Å². The third-order valence-electron chi connectivity index (χ3n) is 7.48. The molecule has 3 aliphatic rings. The van der Waals surface area contributed by atoms with Crippen molar-refractivity contribution in [3.63, 3.8) is 0 Å². The highest BCUT2D eigenvalue weighted by molar-refractivity contribution is 5.79. The summed E-state index contributed by atoms with van der Waals surface area (Å²) in [7, 11) is 0. The summed E-state index contributed by atoms with van der Waals surface area (Å²) in [6.45, 7) is 4.70. The normalized spacial score (nSPS) is 22.0. The van der Waals surface area contributed by atoms with E-state index in [4.69, 9.17) is 9.97 Å². The van der Waals surface area contributed by atoms with Crippen molar-refractivity contribution in [1.29, 1.82) is 0 Å². The highest BCUT2D eigenvalue weighted by Crippen LogP contribution is 2.36. The van der Waals surface area contributed by atoms with Gasteiger partial charge in [0.25, 0.3) is 0 Å². The second kappa shape index (κ2) is 9.55. The van der Waals surface area contributed by atoms with Crippen molar-refractivity contribution < 1.29 is 4.79 Å². The minimum absolute atomic E-state index is 0.0146. The van der Waals surface area contributed by atoms with Crippen LogP contribution in [0.4, 0.5) is 5.82 Å². The summed E-state index contributed by atoms with van der Waals surface area (Å²) in [4.78, 5) is 32.6. The Morgan fingerprint density at radius 1 is 1.00 bits per heavy atom. The average Bonchev–Trinajstić information content (AvgIpc) is 2.85. The smallest absolute Gasteiger partial charge is 0.226 e. The molecule has 1 saturated heterocycles. The van der Waals surface area contributed by atoms with Crippen LogP contribution in [0.25, 0.3) is 0 Å². The predicted octanol–water partition coefficient (Wildman–Crippen LogP) is 4.77. The summed E-state index contributed by atoms with van der Waals surface area (Å²) in [6, 6.07) is 6.09. The van der Waals surface area contributed by atoms with Crippen LogP contribution in [0, 0.1) is 12.8 Å². The molecule has 5 rings (SSSR count). The Hall–Kier alpha value is -2.50. The summed E-state index contributed by atoms with van der Waals surface area (Å²) in [5.74, 6) is 2.44. The molecule has 1 atom stereocenters. The van der Waals surface area contributed by atoms with Crippen molar-refractivity contribution in [3.8, 4) is 0 Å². The SMILES string of the molecule is Cc1nc(C2CCCCN2C(=O)C2CCCCC2)nc2c1CCCN2Cc1ccccn1. The zero-order valence-electron chi connectivity index (χ0n) is 19.3. The van der Waals surface area contributed by atoms with E-state index in [9.17, 15) is 4.79 Å². The molecule has 0 aromatic carbocycles. The molecule has 0 spiro atoms. The summed E-state index contributed by atoms with van der Waals surface area (Å²) in [5.41, 5.74) is 3.40. The Balaban J connectivity index is 1.44. The van der Waals surface area contributed by atoms with Gasteiger partial charge in [0.05, 0.1) is 18.3 Å². The van der Waals surface area contributed by atoms with E-state index in [2.05, 4.69) is 27.8 Å². The molecule has 0 bridgehead atoms. The van der Waals surface area contributed by atoms with Crippen molar-refractivity contribution in [2.24, 2.45) is 5.92 Å². The minimum Gasteiger partial charge on any atom is -0.350 e. The molecule has 0 N–H and O–H groups in total. The number of rotatable bonds is 4. The molecule has 6 heteroatoms. The van der Waals surface area contributed by atoms with Crippen LogP contribution in [0.2, 0.25) is 0 Å². The minimum atomic E-state index is 0.0146. The summed E-state index contributed by atoms with van der Waals surface area (Å²) < 4.78 is 0. The predicted molar refractivity (Wildman–Crippen MR) is 125 cm³/mol. The molecule has 32 heavy (non-hydrogen) atoms. The van der Waals surface area contributed by atoms with Crippen LogP contribution < -0.4 is 4.90 Å². The molecule has 1 unspecified atom stereocenters. The van der Waals surface area contributed by atoms with Gasteiger partial charge in [0.1, 0.15) is 5.82 Å². The lowest BCUT2D eigenvalue weighted by molar-refractivity contribution is -0.140. The molecule has 4 heterocycles. The van der Waals surface area contributed by atoms with Crippen molar-refractivity contribution in [3.05, 3.63) is 47.2 Å². The lowest BCUT2D eigenvalue weighted by Gasteiger charge is -2.39. The molecule has 0 radical (unpaired) electrons. The number of hydrogen-bond acceptors (Lipinski definition) is 5. The molecule has 2 aromatic rings. The largest absolute Gasteiger partial charge is 0.350 e. The monoisotopic (exact) mass is 433 g/mol. The molecule has 2 fully saturated rings. The van der Waals surface area contributed by atoms with Gasteiger partial charge in [0.15, 0.2) is 5.82 Å². The van der Waals surface area contributed by atoms with Crippen molar-refractivity contribution in [1.82, 2.24) is 19.9 Å². The molecule has 2 aromatic heterocycles. The van der Waals surface area contributed by atoms with Gasteiger partial charge in [0.2, 0.25) is 5.91 Å². The number of likely N-dealkylation sites (tertiary alicyclic amines) is 1. The molecule has 170 valence electrons. The van der Waals surface area contributed by atoms with Crippen LogP contribution in [0.5, 0.6) is 0 Å². The maximum Gasteiger partial charge on any atom is 0.226 e. The highest BCUT2D eigenvalue weighted by Gasteiger charge is 2.35. The van der Waals surface area contributed by atoms with Crippen LogP contribution in [0.3, 0.4) is 0 Å². The van der Waals surface area contributed by atoms with Crippen LogP contribution in [-0.4, -0.2) is 38.8 Å². The van der Waals surface area contributed by atoms with E-state index in [1.807, 2.05) is 18.3 Å². The number of hydrogen-bond donors (Lipinski definition) is 0. The van der Waals surface area contributed by atoms with Crippen LogP contribution >= 0.6 is 0 Å². The van der Waals surface area contributed by atoms with Crippen molar-refractivity contribution in [2.45, 2.75) is 83.7 Å². The van der Waals surface area contributed by atoms with E-state index in [0.717, 1.165) is 87.6 Å². The van der Waals surface area contributed by atoms with Gasteiger partial charge >= 0.3 is 0 Å². The van der Waals surface area contributed by atoms with Crippen LogP contribution in [0.1, 0.15) is 86.6 Å². The molecule has 1 saturated carbocycles. The van der Waals surface area contributed by atoms with Gasteiger partial charge in [-0.2, -0.15) is 0 Å². The Morgan fingerprint density at radius 3 is 2.66 bits per heavy atom. The maximum absolute atomic E-state index is 13.5. The molecular weight excluding hydrogens is 398 g/mol. The van der Waals surface area contributed by atoms with Gasteiger partial charge in [-0.3, -0.25) is 9.78 Å². The number of nitrogens with zero attached hydrogens (tertiary/aromatic N) is 5. The van der Waals surface area contributed by atoms with Gasteiger partial charge in [0, 0.05) is 36.5 Å². The van der Waals surface area contributed by atoms with Crippen LogP contribution in [-0.2, 0) is 17.8 Å². The topological polar surface area (TPSA) is 62.2 Å². The first-order chi connectivity index (χ1) is 15.7. The average molecular weight is 434 g/mol. The van der Waals surface area contributed by atoms with Crippen LogP contribution in [0.15, 0.2) is 24.4 Å². The highest BCUT2D eigenvalue weighted by atomic mass is 16.2. The zero-order valence-corrected chi connectivity index (χ0v) is 19.3. The summed E-state index contributed by atoms with van der Waals surface area (Å²) >= 11 is 0. The summed E-state index contributed by atoms with van der Waals surface area (Å²) in [5, 5.41) is 0. The van der Waals surface area contributed by atoms with E-state index in [0.29, 0.717) is 5.91 Å². The number of aryl methyl sites for hydroxylation is 1. The Morgan fingerprint density at radius 2 is 1.84 bits per heavy atom. The number of anilines is 1. The number of aromatic nitrogens is 3. The van der Waals surface area contributed by atoms with Gasteiger partial charge in [-0.15, -0.1) is 0 Å². The van der Waals surface area contributed by atoms with Crippen molar-refractivity contribution >= 4 is 11.7 Å². The van der Waals surface area contributed by atoms with E-state index in [1.54, 1.807) is 0 Å². The molecule has 6 nitrogen and oxygen atoms in total. The van der Waals surface area contributed by atoms with E-state index >= 15 is 0 Å². The first kappa shape index (κ1) is 21.4. The second-order valence-electron chi connectivity index (χ2n) is 9.69. The Kier molecular flexibility index (Phi) is 6.37. The fraction of sp³-hybridized carbons (Fsp3) is 0.615. The summed E-state index contributed by atoms with van der Waals surface area (Å²) in [6.07, 6.45) is 12.9. The fourth-order valence-electron chi connectivity index (χ4n) is 5.75. The van der Waals surface area contributed by atoms with Gasteiger partial charge in [-0.25, -0.2) is 9.97 Å². The number of carbonyl (C=O) groups is 1. The Bertz CT molecular complexity index is 941. The van der Waals surface area contributed by atoms with Gasteiger partial charge in [-0.1, -0.05) is 25.3 Å². The third kappa shape index (κ3) is 4.37. The second-order valence-corrected chi connectivity index (χ2v) is 9.69. The maximum atomic E-state index is 13.5. The molecular formula is C26H35N5O. The van der Waals surface area contributed by atoms with Crippen molar-refractivity contribution in [2.75, 3.05) is 18.0 Å². The number of amides is 1. The Labute approximate surface area is 191 Å². The number of pyridine rings is 1. The standard InChI is InChI=1S/C26H35N5O/c1-19-22-13-9-16-30(18-21-12-5-7-15-27-21)25(22)29-24(28-19)23-14-6-8-17-31(23)26(32)20-10-3-2-4-11-20/h5,7,12,15,20,23H,2-4,6,8-11,13-14,16-18H2,1H3. The van der Waals surface area contributed by atoms with E-state index < -0.39 is 0 Å². The van der Waals surface area contributed by atoms with Gasteiger partial charge in [-0.05, 0) is 64.0 Å². The first-order valence-electron chi connectivity index (χ1n) is 12.5. The van der Waals surface area contributed by atoms with Gasteiger partial charge < -0.3 is 9.80 Å². The first-order valence-corrected chi connectivity index (χ1v) is 12.5. The molecule has 1 aliphatic carbocycles. The fourth-order valence-corrected chi connectivity index (χ4v) is 5.75. The lowest BCUT2D eigenvalue weighted by Crippen LogP contribution is -2.43. The van der Waals surface area contributed by atoms with E-state index in [-0.39, 0.29) is 12.0 Å². The number of carbonyl (C=O) groups excluding carboxylic acids is 1. The third-order valence-corrected chi connectivity index (χ3v) is 7.48. The number of fused-ring (bicyclic) bond motifs is 1. The zero-order chi connectivity index (χ0) is 21.9. The molecule has 2 aliphatic heterocycles. The molecule has 1 amide bonds. The number of piperidine rings is 1.